The summed E-state index contributed by atoms with van der Waals surface area (Å²) in [5.41, 5.74) is -0.0126. The molecule has 2 atom stereocenters. The van der Waals surface area contributed by atoms with Crippen molar-refractivity contribution in [3.63, 3.8) is 0 Å². The number of rotatable bonds is 0. The lowest BCUT2D eigenvalue weighted by Crippen LogP contribution is -2.46. The zero-order valence-electron chi connectivity index (χ0n) is 8.72. The van der Waals surface area contributed by atoms with Gasteiger partial charge in [-0.3, -0.25) is 4.79 Å². The van der Waals surface area contributed by atoms with Crippen LogP contribution in [-0.4, -0.2) is 22.4 Å². The molecule has 1 amide bonds. The molecule has 0 unspecified atom stereocenters. The summed E-state index contributed by atoms with van der Waals surface area (Å²) in [6.07, 6.45) is 1.01. The van der Waals surface area contributed by atoms with Crippen LogP contribution in [0.5, 0.6) is 0 Å². The van der Waals surface area contributed by atoms with Gasteiger partial charge in [-0.05, 0) is 34.1 Å². The standard InChI is InChI=1S/C10H19NO/c1-7-6-8(2)11(9(7)12)10(3,4)5/h7-8H,6H2,1-5H3/t7-,8+/m1/s1. The van der Waals surface area contributed by atoms with E-state index in [0.29, 0.717) is 11.9 Å². The third-order valence-electron chi connectivity index (χ3n) is 2.52. The Labute approximate surface area is 74.9 Å². The monoisotopic (exact) mass is 169 g/mol. The Kier molecular flexibility index (Phi) is 2.19. The van der Waals surface area contributed by atoms with Crippen molar-refractivity contribution in [3.8, 4) is 0 Å². The van der Waals surface area contributed by atoms with Gasteiger partial charge in [0, 0.05) is 17.5 Å². The van der Waals surface area contributed by atoms with Crippen LogP contribution < -0.4 is 0 Å². The van der Waals surface area contributed by atoms with Gasteiger partial charge in [-0.2, -0.15) is 0 Å². The van der Waals surface area contributed by atoms with Crippen LogP contribution in [0, 0.1) is 5.92 Å². The van der Waals surface area contributed by atoms with Gasteiger partial charge in [-0.15, -0.1) is 0 Å². The highest BCUT2D eigenvalue weighted by atomic mass is 16.2. The fourth-order valence-corrected chi connectivity index (χ4v) is 2.16. The van der Waals surface area contributed by atoms with Crippen molar-refractivity contribution < 1.29 is 4.79 Å². The summed E-state index contributed by atoms with van der Waals surface area (Å²) in [5, 5.41) is 0. The molecule has 0 spiro atoms. The first-order valence-electron chi connectivity index (χ1n) is 4.67. The predicted molar refractivity (Wildman–Crippen MR) is 49.8 cm³/mol. The fraction of sp³-hybridized carbons (Fsp3) is 0.900. The lowest BCUT2D eigenvalue weighted by molar-refractivity contribution is -0.135. The Morgan fingerprint density at radius 3 is 2.00 bits per heavy atom. The third-order valence-corrected chi connectivity index (χ3v) is 2.52. The van der Waals surface area contributed by atoms with E-state index in [1.54, 1.807) is 0 Å². The molecule has 1 heterocycles. The Bertz CT molecular complexity index is 193. The van der Waals surface area contributed by atoms with E-state index in [0.717, 1.165) is 6.42 Å². The van der Waals surface area contributed by atoms with Crippen molar-refractivity contribution in [3.05, 3.63) is 0 Å². The SMILES string of the molecule is C[C@@H]1C[C@H](C)N(C(C)(C)C)C1=O. The van der Waals surface area contributed by atoms with Crippen LogP contribution in [0.1, 0.15) is 41.0 Å². The van der Waals surface area contributed by atoms with Crippen LogP contribution in [0.2, 0.25) is 0 Å². The minimum absolute atomic E-state index is 0.0126. The van der Waals surface area contributed by atoms with E-state index in [4.69, 9.17) is 0 Å². The lowest BCUT2D eigenvalue weighted by atomic mass is 10.1. The number of likely N-dealkylation sites (tertiary alicyclic amines) is 1. The first kappa shape index (κ1) is 9.56. The number of hydrogen-bond acceptors (Lipinski definition) is 1. The highest BCUT2D eigenvalue weighted by Gasteiger charge is 2.39. The largest absolute Gasteiger partial charge is 0.335 e. The van der Waals surface area contributed by atoms with Crippen LogP contribution in [0.4, 0.5) is 0 Å². The third kappa shape index (κ3) is 1.47. The van der Waals surface area contributed by atoms with Gasteiger partial charge in [0.1, 0.15) is 0 Å². The van der Waals surface area contributed by atoms with E-state index < -0.39 is 0 Å². The predicted octanol–water partition coefficient (Wildman–Crippen LogP) is 2.04. The number of carbonyl (C=O) groups excluding carboxylic acids is 1. The Morgan fingerprint density at radius 1 is 1.33 bits per heavy atom. The Morgan fingerprint density at radius 2 is 1.83 bits per heavy atom. The van der Waals surface area contributed by atoms with E-state index >= 15 is 0 Å². The van der Waals surface area contributed by atoms with Crippen molar-refractivity contribution in [2.75, 3.05) is 0 Å². The molecule has 0 aromatic carbocycles. The summed E-state index contributed by atoms with van der Waals surface area (Å²) < 4.78 is 0. The quantitative estimate of drug-likeness (QED) is 0.543. The van der Waals surface area contributed by atoms with Crippen molar-refractivity contribution >= 4 is 5.91 Å². The molecule has 0 N–H and O–H groups in total. The van der Waals surface area contributed by atoms with E-state index in [2.05, 4.69) is 27.7 Å². The molecule has 12 heavy (non-hydrogen) atoms. The zero-order chi connectivity index (χ0) is 9.52. The van der Waals surface area contributed by atoms with Gasteiger partial charge in [0.15, 0.2) is 0 Å². The van der Waals surface area contributed by atoms with Crippen LogP contribution in [0.25, 0.3) is 0 Å². The van der Waals surface area contributed by atoms with Crippen molar-refractivity contribution in [2.45, 2.75) is 52.6 Å². The smallest absolute Gasteiger partial charge is 0.226 e. The number of carbonyl (C=O) groups is 1. The van der Waals surface area contributed by atoms with Crippen LogP contribution >= 0.6 is 0 Å². The maximum Gasteiger partial charge on any atom is 0.226 e. The zero-order valence-corrected chi connectivity index (χ0v) is 8.72. The van der Waals surface area contributed by atoms with Crippen molar-refractivity contribution in [1.29, 1.82) is 0 Å². The van der Waals surface area contributed by atoms with Gasteiger partial charge in [-0.1, -0.05) is 6.92 Å². The summed E-state index contributed by atoms with van der Waals surface area (Å²) in [7, 11) is 0. The number of amides is 1. The van der Waals surface area contributed by atoms with Crippen LogP contribution in [-0.2, 0) is 4.79 Å². The number of hydrogen-bond donors (Lipinski definition) is 0. The molecular weight excluding hydrogens is 150 g/mol. The summed E-state index contributed by atoms with van der Waals surface area (Å²) in [5.74, 6) is 0.536. The van der Waals surface area contributed by atoms with Gasteiger partial charge >= 0.3 is 0 Å². The van der Waals surface area contributed by atoms with E-state index in [-0.39, 0.29) is 11.5 Å². The second-order valence-electron chi connectivity index (χ2n) is 4.86. The first-order chi connectivity index (χ1) is 5.34. The molecule has 0 aromatic rings. The van der Waals surface area contributed by atoms with Crippen LogP contribution in [0.3, 0.4) is 0 Å². The van der Waals surface area contributed by atoms with Gasteiger partial charge in [0.25, 0.3) is 0 Å². The highest BCUT2D eigenvalue weighted by Crippen LogP contribution is 2.30. The molecule has 1 saturated heterocycles. The normalized spacial score (nSPS) is 31.4. The van der Waals surface area contributed by atoms with Gasteiger partial charge in [0.05, 0.1) is 0 Å². The summed E-state index contributed by atoms with van der Waals surface area (Å²) in [6.45, 7) is 10.4. The molecule has 2 heteroatoms. The van der Waals surface area contributed by atoms with Crippen molar-refractivity contribution in [1.82, 2.24) is 4.90 Å². The summed E-state index contributed by atoms with van der Waals surface area (Å²) in [6, 6.07) is 0.410. The molecular formula is C10H19NO. The summed E-state index contributed by atoms with van der Waals surface area (Å²) in [4.78, 5) is 13.7. The molecule has 1 aliphatic rings. The molecule has 0 aliphatic carbocycles. The maximum absolute atomic E-state index is 11.7. The molecule has 1 aliphatic heterocycles. The maximum atomic E-state index is 11.7. The van der Waals surface area contributed by atoms with Gasteiger partial charge in [0.2, 0.25) is 5.91 Å². The second-order valence-corrected chi connectivity index (χ2v) is 4.86. The molecule has 0 radical (unpaired) electrons. The lowest BCUT2D eigenvalue weighted by Gasteiger charge is -2.35. The summed E-state index contributed by atoms with van der Waals surface area (Å²) >= 11 is 0. The van der Waals surface area contributed by atoms with E-state index in [1.807, 2.05) is 11.8 Å². The van der Waals surface area contributed by atoms with Crippen LogP contribution in [0.15, 0.2) is 0 Å². The molecule has 2 nitrogen and oxygen atoms in total. The molecule has 0 bridgehead atoms. The molecule has 0 aromatic heterocycles. The second kappa shape index (κ2) is 2.75. The van der Waals surface area contributed by atoms with Gasteiger partial charge < -0.3 is 4.90 Å². The fourth-order valence-electron chi connectivity index (χ4n) is 2.16. The van der Waals surface area contributed by atoms with Crippen molar-refractivity contribution in [2.24, 2.45) is 5.92 Å². The minimum atomic E-state index is -0.0126. The average molecular weight is 169 g/mol. The molecule has 1 rings (SSSR count). The Balaban J connectivity index is 2.84. The topological polar surface area (TPSA) is 20.3 Å². The first-order valence-corrected chi connectivity index (χ1v) is 4.67. The highest BCUT2D eigenvalue weighted by molar-refractivity contribution is 5.81. The number of nitrogens with zero attached hydrogens (tertiary/aromatic N) is 1. The Hall–Kier alpha value is -0.530. The average Bonchev–Trinajstić information content (AvgIpc) is 2.05. The minimum Gasteiger partial charge on any atom is -0.335 e. The molecule has 70 valence electrons. The van der Waals surface area contributed by atoms with E-state index in [1.165, 1.54) is 0 Å². The molecule has 0 saturated carbocycles. The van der Waals surface area contributed by atoms with Gasteiger partial charge in [-0.25, -0.2) is 0 Å². The molecule has 1 fully saturated rings. The van der Waals surface area contributed by atoms with E-state index in [9.17, 15) is 4.79 Å².